The van der Waals surface area contributed by atoms with Gasteiger partial charge >= 0.3 is 17.8 Å². The highest BCUT2D eigenvalue weighted by Gasteiger charge is 2.37. The third kappa shape index (κ3) is 3.63. The summed E-state index contributed by atoms with van der Waals surface area (Å²) in [7, 11) is 1.57. The maximum absolute atomic E-state index is 13.6. The fourth-order valence-electron chi connectivity index (χ4n) is 4.76. The number of aromatic carboxylic acids is 1. The van der Waals surface area contributed by atoms with Crippen LogP contribution in [-0.4, -0.2) is 44.0 Å². The Kier molecular flexibility index (Phi) is 5.39. The summed E-state index contributed by atoms with van der Waals surface area (Å²) in [5.41, 5.74) is -3.43. The average molecular weight is 504 g/mol. The number of ether oxygens (including phenoxy) is 1. The molecule has 13 heteroatoms. The van der Waals surface area contributed by atoms with Gasteiger partial charge < -0.3 is 19.8 Å². The van der Waals surface area contributed by atoms with Crippen molar-refractivity contribution in [3.63, 3.8) is 0 Å². The molecule has 36 heavy (non-hydrogen) atoms. The van der Waals surface area contributed by atoms with Gasteiger partial charge in [-0.05, 0) is 48.6 Å². The fraction of sp³-hybridized carbons (Fsp3) is 0.304. The minimum Gasteiger partial charge on any atom is -0.476 e. The standard InChI is InChI=1S/C23H19F3N4O6/c1-28-16-9-8-11(10-17(16)36-22(28)35)30-21(34)29(19(31)18(27-30)20(32)33)15-7-3-4-12-13(15)5-2-6-14(12)23(24,25)26/h2,5-6,8-10,15,22,35H,3-4,7H2,1H3,(H,32,33). The lowest BCUT2D eigenvalue weighted by Crippen LogP contribution is -2.46. The summed E-state index contributed by atoms with van der Waals surface area (Å²) in [6, 6.07) is 6.69. The monoisotopic (exact) mass is 504 g/mol. The quantitative estimate of drug-likeness (QED) is 0.556. The molecule has 5 rings (SSSR count). The maximum Gasteiger partial charge on any atom is 0.416 e. The molecule has 0 saturated heterocycles. The topological polar surface area (TPSA) is 127 Å². The number of anilines is 1. The second-order valence-electron chi connectivity index (χ2n) is 8.51. The number of hydrogen-bond donors (Lipinski definition) is 2. The lowest BCUT2D eigenvalue weighted by Gasteiger charge is -2.29. The molecule has 188 valence electrons. The van der Waals surface area contributed by atoms with E-state index in [1.165, 1.54) is 35.2 Å². The van der Waals surface area contributed by atoms with E-state index in [-0.39, 0.29) is 41.8 Å². The Morgan fingerprint density at radius 1 is 1.19 bits per heavy atom. The van der Waals surface area contributed by atoms with Crippen LogP contribution in [0.2, 0.25) is 0 Å². The average Bonchev–Trinajstić information content (AvgIpc) is 3.10. The molecule has 2 heterocycles. The van der Waals surface area contributed by atoms with Crippen molar-refractivity contribution in [3.05, 3.63) is 79.6 Å². The SMILES string of the molecule is CN1c2ccc(-n3nc(C(=O)O)c(=O)n(C4CCCc5c4cccc5C(F)(F)F)c3=O)cc2OC1O. The van der Waals surface area contributed by atoms with E-state index in [0.29, 0.717) is 14.9 Å². The number of carboxylic acids is 1. The number of aromatic nitrogens is 3. The van der Waals surface area contributed by atoms with E-state index in [9.17, 15) is 37.8 Å². The lowest BCUT2D eigenvalue weighted by molar-refractivity contribution is -0.138. The first-order valence-corrected chi connectivity index (χ1v) is 10.9. The van der Waals surface area contributed by atoms with Gasteiger partial charge in [-0.15, -0.1) is 0 Å². The molecular weight excluding hydrogens is 485 g/mol. The Bertz CT molecular complexity index is 1510. The molecule has 0 saturated carbocycles. The zero-order valence-electron chi connectivity index (χ0n) is 18.7. The van der Waals surface area contributed by atoms with E-state index in [4.69, 9.17) is 4.74 Å². The summed E-state index contributed by atoms with van der Waals surface area (Å²) >= 11 is 0. The molecule has 1 aliphatic carbocycles. The van der Waals surface area contributed by atoms with Gasteiger partial charge in [0.15, 0.2) is 5.75 Å². The summed E-state index contributed by atoms with van der Waals surface area (Å²) < 4.78 is 47.5. The number of halogens is 3. The van der Waals surface area contributed by atoms with E-state index >= 15 is 0 Å². The first kappa shape index (κ1) is 23.6. The summed E-state index contributed by atoms with van der Waals surface area (Å²) in [4.78, 5) is 39.9. The molecule has 3 aromatic rings. The second-order valence-corrected chi connectivity index (χ2v) is 8.51. The molecule has 0 fully saturated rings. The number of nitrogens with zero attached hydrogens (tertiary/aromatic N) is 4. The smallest absolute Gasteiger partial charge is 0.416 e. The minimum atomic E-state index is -4.63. The maximum atomic E-state index is 13.6. The molecule has 0 bridgehead atoms. The second kappa shape index (κ2) is 8.22. The van der Waals surface area contributed by atoms with Gasteiger partial charge in [0.25, 0.3) is 12.0 Å². The molecule has 2 aromatic carbocycles. The van der Waals surface area contributed by atoms with Crippen LogP contribution in [0.1, 0.15) is 46.1 Å². The Morgan fingerprint density at radius 3 is 2.64 bits per heavy atom. The highest BCUT2D eigenvalue weighted by molar-refractivity contribution is 5.84. The number of carboxylic acid groups (broad SMARTS) is 1. The van der Waals surface area contributed by atoms with Gasteiger partial charge in [-0.2, -0.15) is 23.0 Å². The zero-order chi connectivity index (χ0) is 25.9. The van der Waals surface area contributed by atoms with Crippen molar-refractivity contribution < 1.29 is 32.9 Å². The number of benzene rings is 2. The van der Waals surface area contributed by atoms with Crippen LogP contribution in [0.25, 0.3) is 5.69 Å². The summed E-state index contributed by atoms with van der Waals surface area (Å²) in [5.74, 6) is -1.52. The number of carbonyl (C=O) groups is 1. The molecule has 2 atom stereocenters. The van der Waals surface area contributed by atoms with Gasteiger partial charge in [0.1, 0.15) is 0 Å². The lowest BCUT2D eigenvalue weighted by atomic mass is 9.84. The van der Waals surface area contributed by atoms with Crippen LogP contribution in [0.15, 0.2) is 46.0 Å². The van der Waals surface area contributed by atoms with Gasteiger partial charge in [0.2, 0.25) is 5.69 Å². The summed E-state index contributed by atoms with van der Waals surface area (Å²) in [6.45, 7) is 0. The Hall–Kier alpha value is -4.13. The molecule has 2 aliphatic rings. The van der Waals surface area contributed by atoms with Crippen LogP contribution in [0.4, 0.5) is 18.9 Å². The highest BCUT2D eigenvalue weighted by Crippen LogP contribution is 2.40. The molecular formula is C23H19F3N4O6. The van der Waals surface area contributed by atoms with Crippen molar-refractivity contribution in [1.29, 1.82) is 0 Å². The van der Waals surface area contributed by atoms with Crippen LogP contribution in [0, 0.1) is 0 Å². The fourth-order valence-corrected chi connectivity index (χ4v) is 4.76. The molecule has 2 unspecified atom stereocenters. The number of aliphatic hydroxyl groups excluding tert-OH is 1. The molecule has 1 aromatic heterocycles. The number of aliphatic hydroxyl groups is 1. The normalized spacial score (nSPS) is 19.0. The first-order chi connectivity index (χ1) is 17.0. The molecule has 0 spiro atoms. The minimum absolute atomic E-state index is 0.0317. The van der Waals surface area contributed by atoms with Crippen molar-refractivity contribution in [3.8, 4) is 11.4 Å². The van der Waals surface area contributed by atoms with Gasteiger partial charge in [0.05, 0.1) is 23.0 Å². The van der Waals surface area contributed by atoms with Gasteiger partial charge in [-0.3, -0.25) is 4.79 Å². The third-order valence-corrected chi connectivity index (χ3v) is 6.44. The van der Waals surface area contributed by atoms with Gasteiger partial charge in [0, 0.05) is 13.1 Å². The van der Waals surface area contributed by atoms with Crippen LogP contribution in [0.3, 0.4) is 0 Å². The van der Waals surface area contributed by atoms with Crippen molar-refractivity contribution >= 4 is 11.7 Å². The van der Waals surface area contributed by atoms with Crippen LogP contribution < -0.4 is 20.9 Å². The van der Waals surface area contributed by atoms with E-state index in [1.807, 2.05) is 0 Å². The third-order valence-electron chi connectivity index (χ3n) is 6.44. The predicted octanol–water partition coefficient (Wildman–Crippen LogP) is 2.14. The molecule has 1 aliphatic heterocycles. The van der Waals surface area contributed by atoms with Crippen LogP contribution >= 0.6 is 0 Å². The Morgan fingerprint density at radius 2 is 1.94 bits per heavy atom. The summed E-state index contributed by atoms with van der Waals surface area (Å²) in [5, 5.41) is 23.2. The van der Waals surface area contributed by atoms with Crippen LogP contribution in [-0.2, 0) is 12.6 Å². The Balaban J connectivity index is 1.73. The van der Waals surface area contributed by atoms with Crippen molar-refractivity contribution in [2.75, 3.05) is 11.9 Å². The van der Waals surface area contributed by atoms with Crippen molar-refractivity contribution in [2.24, 2.45) is 0 Å². The number of rotatable bonds is 3. The van der Waals surface area contributed by atoms with E-state index < -0.39 is 47.1 Å². The van der Waals surface area contributed by atoms with E-state index in [1.54, 1.807) is 7.05 Å². The highest BCUT2D eigenvalue weighted by atomic mass is 19.4. The van der Waals surface area contributed by atoms with Crippen molar-refractivity contribution in [2.45, 2.75) is 37.9 Å². The van der Waals surface area contributed by atoms with E-state index in [0.717, 1.165) is 6.07 Å². The largest absolute Gasteiger partial charge is 0.476 e. The molecule has 0 amide bonds. The van der Waals surface area contributed by atoms with E-state index in [2.05, 4.69) is 5.10 Å². The van der Waals surface area contributed by atoms with Gasteiger partial charge in [-0.25, -0.2) is 14.2 Å². The van der Waals surface area contributed by atoms with Gasteiger partial charge in [-0.1, -0.05) is 12.1 Å². The predicted molar refractivity (Wildman–Crippen MR) is 119 cm³/mol. The first-order valence-electron chi connectivity index (χ1n) is 10.9. The zero-order valence-corrected chi connectivity index (χ0v) is 18.7. The number of alkyl halides is 3. The summed E-state index contributed by atoms with van der Waals surface area (Å²) in [6.07, 6.45) is -5.41. The molecule has 0 radical (unpaired) electrons. The Labute approximate surface area is 200 Å². The molecule has 2 N–H and O–H groups in total. The van der Waals surface area contributed by atoms with Crippen molar-refractivity contribution in [1.82, 2.24) is 14.3 Å². The number of hydrogen-bond acceptors (Lipinski definition) is 7. The van der Waals surface area contributed by atoms with Crippen LogP contribution in [0.5, 0.6) is 5.75 Å². The molecule has 10 nitrogen and oxygen atoms in total. The number of fused-ring (bicyclic) bond motifs is 2.